The molecule has 0 radical (unpaired) electrons. The zero-order valence-electron chi connectivity index (χ0n) is 10.4. The van der Waals surface area contributed by atoms with Gasteiger partial charge in [-0.25, -0.2) is 0 Å². The number of anilines is 2. The summed E-state index contributed by atoms with van der Waals surface area (Å²) in [5.41, 5.74) is 7.97. The number of nitrogens with two attached hydrogens (primary N) is 1. The van der Waals surface area contributed by atoms with Crippen LogP contribution in [0.2, 0.25) is 0 Å². The van der Waals surface area contributed by atoms with Crippen molar-refractivity contribution in [3.05, 3.63) is 23.8 Å². The van der Waals surface area contributed by atoms with E-state index in [1.807, 2.05) is 25.1 Å². The van der Waals surface area contributed by atoms with Gasteiger partial charge in [0.25, 0.3) is 0 Å². The van der Waals surface area contributed by atoms with Crippen LogP contribution in [0, 0.1) is 0 Å². The molecule has 0 bridgehead atoms. The first kappa shape index (κ1) is 12.6. The molecule has 3 N–H and O–H groups in total. The number of carbonyl (C=O) groups excluding carboxylic acids is 2. The van der Waals surface area contributed by atoms with Crippen LogP contribution >= 0.6 is 0 Å². The van der Waals surface area contributed by atoms with Crippen LogP contribution < -0.4 is 16.0 Å². The fraction of sp³-hybridized carbons (Fsp3) is 0.385. The van der Waals surface area contributed by atoms with E-state index in [4.69, 9.17) is 5.73 Å². The quantitative estimate of drug-likeness (QED) is 0.814. The van der Waals surface area contributed by atoms with E-state index in [0.29, 0.717) is 18.7 Å². The number of hydrogen-bond acceptors (Lipinski definition) is 3. The van der Waals surface area contributed by atoms with Crippen molar-refractivity contribution in [3.63, 3.8) is 0 Å². The number of fused-ring (bicyclic) bond motifs is 1. The van der Waals surface area contributed by atoms with Crippen molar-refractivity contribution in [3.8, 4) is 0 Å². The molecule has 0 atom stereocenters. The van der Waals surface area contributed by atoms with E-state index in [-0.39, 0.29) is 18.4 Å². The van der Waals surface area contributed by atoms with Crippen molar-refractivity contribution in [1.82, 2.24) is 0 Å². The lowest BCUT2D eigenvalue weighted by Gasteiger charge is -2.22. The van der Waals surface area contributed by atoms with Gasteiger partial charge in [0.15, 0.2) is 0 Å². The number of rotatable bonds is 2. The molecule has 5 nitrogen and oxygen atoms in total. The predicted molar refractivity (Wildman–Crippen MR) is 70.5 cm³/mol. The first-order valence-electron chi connectivity index (χ1n) is 6.09. The Balaban J connectivity index is 2.47. The molecule has 0 unspecified atom stereocenters. The van der Waals surface area contributed by atoms with Crippen LogP contribution in [0.5, 0.6) is 0 Å². The SMILES string of the molecule is CCc1ccc2c(c1)N(C(=O)CN)CCC(=O)N2. The summed E-state index contributed by atoms with van der Waals surface area (Å²) in [5, 5.41) is 2.81. The summed E-state index contributed by atoms with van der Waals surface area (Å²) >= 11 is 0. The predicted octanol–water partition coefficient (Wildman–Crippen LogP) is 0.883. The van der Waals surface area contributed by atoms with Crippen LogP contribution in [-0.4, -0.2) is 24.9 Å². The van der Waals surface area contributed by atoms with Gasteiger partial charge < -0.3 is 16.0 Å². The van der Waals surface area contributed by atoms with Crippen molar-refractivity contribution in [1.29, 1.82) is 0 Å². The molecule has 0 spiro atoms. The summed E-state index contributed by atoms with van der Waals surface area (Å²) in [5.74, 6) is -0.242. The highest BCUT2D eigenvalue weighted by atomic mass is 16.2. The van der Waals surface area contributed by atoms with Crippen LogP contribution in [-0.2, 0) is 16.0 Å². The number of aryl methyl sites for hydroxylation is 1. The van der Waals surface area contributed by atoms with Crippen LogP contribution in [0.4, 0.5) is 11.4 Å². The number of nitrogens with one attached hydrogen (secondary N) is 1. The molecular formula is C13H17N3O2. The first-order valence-corrected chi connectivity index (χ1v) is 6.09. The summed E-state index contributed by atoms with van der Waals surface area (Å²) in [4.78, 5) is 25.0. The highest BCUT2D eigenvalue weighted by Gasteiger charge is 2.23. The summed E-state index contributed by atoms with van der Waals surface area (Å²) < 4.78 is 0. The minimum atomic E-state index is -0.166. The Morgan fingerprint density at radius 2 is 2.28 bits per heavy atom. The van der Waals surface area contributed by atoms with Gasteiger partial charge in [-0.3, -0.25) is 9.59 Å². The fourth-order valence-electron chi connectivity index (χ4n) is 2.04. The van der Waals surface area contributed by atoms with E-state index in [9.17, 15) is 9.59 Å². The molecule has 1 aliphatic rings. The first-order chi connectivity index (χ1) is 8.65. The number of benzene rings is 1. The van der Waals surface area contributed by atoms with Crippen molar-refractivity contribution in [2.45, 2.75) is 19.8 Å². The van der Waals surface area contributed by atoms with Crippen LogP contribution in [0.1, 0.15) is 18.9 Å². The maximum Gasteiger partial charge on any atom is 0.240 e. The molecule has 2 amide bonds. The minimum Gasteiger partial charge on any atom is -0.324 e. The molecule has 1 aliphatic heterocycles. The fourth-order valence-corrected chi connectivity index (χ4v) is 2.04. The third-order valence-corrected chi connectivity index (χ3v) is 3.07. The van der Waals surface area contributed by atoms with E-state index in [1.54, 1.807) is 4.90 Å². The van der Waals surface area contributed by atoms with Gasteiger partial charge in [-0.2, -0.15) is 0 Å². The maximum atomic E-state index is 11.9. The van der Waals surface area contributed by atoms with Gasteiger partial charge in [0.05, 0.1) is 17.9 Å². The van der Waals surface area contributed by atoms with Gasteiger partial charge in [-0.15, -0.1) is 0 Å². The molecule has 0 fully saturated rings. The van der Waals surface area contributed by atoms with E-state index >= 15 is 0 Å². The molecule has 0 saturated carbocycles. The van der Waals surface area contributed by atoms with E-state index in [2.05, 4.69) is 5.32 Å². The van der Waals surface area contributed by atoms with Crippen LogP contribution in [0.3, 0.4) is 0 Å². The Labute approximate surface area is 106 Å². The summed E-state index contributed by atoms with van der Waals surface area (Å²) in [6.07, 6.45) is 1.17. The summed E-state index contributed by atoms with van der Waals surface area (Å²) in [7, 11) is 0. The van der Waals surface area contributed by atoms with E-state index < -0.39 is 0 Å². The molecule has 5 heteroatoms. The van der Waals surface area contributed by atoms with Crippen molar-refractivity contribution < 1.29 is 9.59 Å². The molecule has 1 aromatic rings. The van der Waals surface area contributed by atoms with Gasteiger partial charge in [-0.1, -0.05) is 13.0 Å². The van der Waals surface area contributed by atoms with Crippen LogP contribution in [0.25, 0.3) is 0 Å². The zero-order valence-corrected chi connectivity index (χ0v) is 10.4. The summed E-state index contributed by atoms with van der Waals surface area (Å²) in [6.45, 7) is 2.37. The molecule has 1 heterocycles. The third kappa shape index (κ3) is 2.36. The number of nitrogens with zero attached hydrogens (tertiary/aromatic N) is 1. The lowest BCUT2D eigenvalue weighted by atomic mass is 10.1. The zero-order chi connectivity index (χ0) is 13.1. The van der Waals surface area contributed by atoms with E-state index in [1.165, 1.54) is 0 Å². The van der Waals surface area contributed by atoms with Gasteiger partial charge in [0.2, 0.25) is 11.8 Å². The molecule has 0 aliphatic carbocycles. The maximum absolute atomic E-state index is 11.9. The van der Waals surface area contributed by atoms with Gasteiger partial charge in [-0.05, 0) is 24.1 Å². The Kier molecular flexibility index (Phi) is 3.62. The number of amides is 2. The lowest BCUT2D eigenvalue weighted by Crippen LogP contribution is -2.36. The van der Waals surface area contributed by atoms with Crippen LogP contribution in [0.15, 0.2) is 18.2 Å². The Morgan fingerprint density at radius 1 is 1.50 bits per heavy atom. The Morgan fingerprint density at radius 3 is 2.94 bits per heavy atom. The number of carbonyl (C=O) groups is 2. The van der Waals surface area contributed by atoms with Gasteiger partial charge in [0, 0.05) is 13.0 Å². The normalized spacial score (nSPS) is 14.8. The van der Waals surface area contributed by atoms with E-state index in [0.717, 1.165) is 17.7 Å². The number of hydrogen-bond donors (Lipinski definition) is 2. The lowest BCUT2D eigenvalue weighted by molar-refractivity contribution is -0.117. The molecule has 2 rings (SSSR count). The smallest absolute Gasteiger partial charge is 0.240 e. The second kappa shape index (κ2) is 5.18. The van der Waals surface area contributed by atoms with Crippen molar-refractivity contribution in [2.24, 2.45) is 5.73 Å². The Hall–Kier alpha value is -1.88. The van der Waals surface area contributed by atoms with Gasteiger partial charge in [0.1, 0.15) is 0 Å². The third-order valence-electron chi connectivity index (χ3n) is 3.07. The van der Waals surface area contributed by atoms with Crippen molar-refractivity contribution in [2.75, 3.05) is 23.3 Å². The molecular weight excluding hydrogens is 230 g/mol. The second-order valence-electron chi connectivity index (χ2n) is 4.25. The molecule has 0 aromatic heterocycles. The largest absolute Gasteiger partial charge is 0.324 e. The highest BCUT2D eigenvalue weighted by molar-refractivity contribution is 6.04. The topological polar surface area (TPSA) is 75.4 Å². The minimum absolute atomic E-state index is 0.0516. The molecule has 1 aromatic carbocycles. The average molecular weight is 247 g/mol. The summed E-state index contributed by atoms with van der Waals surface area (Å²) in [6, 6.07) is 5.73. The van der Waals surface area contributed by atoms with Crippen molar-refractivity contribution >= 4 is 23.2 Å². The molecule has 96 valence electrons. The Bertz CT molecular complexity index is 485. The standard InChI is InChI=1S/C13H17N3O2/c1-2-9-3-4-10-11(7-9)16(13(18)8-14)6-5-12(17)15-10/h3-4,7H,2,5-6,8,14H2,1H3,(H,15,17). The molecule has 0 saturated heterocycles. The average Bonchev–Trinajstić information content (AvgIpc) is 2.55. The molecule has 18 heavy (non-hydrogen) atoms. The highest BCUT2D eigenvalue weighted by Crippen LogP contribution is 2.30. The second-order valence-corrected chi connectivity index (χ2v) is 4.25. The monoisotopic (exact) mass is 247 g/mol. The van der Waals surface area contributed by atoms with Gasteiger partial charge >= 0.3 is 0 Å².